The zero-order chi connectivity index (χ0) is 17.9. The number of hydrogen-bond donors (Lipinski definition) is 2. The monoisotopic (exact) mass is 343 g/mol. The first kappa shape index (κ1) is 18.3. The van der Waals surface area contributed by atoms with Crippen LogP contribution in [-0.2, 0) is 22.2 Å². The summed E-state index contributed by atoms with van der Waals surface area (Å²) in [6.07, 6.45) is -2.67. The Hall–Kier alpha value is -2.05. The Morgan fingerprint density at radius 1 is 1.33 bits per heavy atom. The molecule has 0 heterocycles. The molecule has 1 saturated carbocycles. The second-order valence-corrected chi connectivity index (χ2v) is 6.36. The maximum absolute atomic E-state index is 12.7. The summed E-state index contributed by atoms with van der Waals surface area (Å²) in [5.74, 6) is -2.04. The van der Waals surface area contributed by atoms with Crippen molar-refractivity contribution in [2.45, 2.75) is 44.8 Å². The number of halogens is 3. The number of rotatable bonds is 5. The predicted octanol–water partition coefficient (Wildman–Crippen LogP) is 3.25. The van der Waals surface area contributed by atoms with E-state index in [1.165, 1.54) is 6.07 Å². The van der Waals surface area contributed by atoms with E-state index in [9.17, 15) is 22.8 Å². The van der Waals surface area contributed by atoms with E-state index in [4.69, 9.17) is 5.11 Å². The van der Waals surface area contributed by atoms with E-state index in [1.807, 2.05) is 0 Å². The van der Waals surface area contributed by atoms with Crippen LogP contribution in [0.4, 0.5) is 13.2 Å². The summed E-state index contributed by atoms with van der Waals surface area (Å²) < 4.78 is 38.1. The first-order valence-corrected chi connectivity index (χ1v) is 7.86. The molecule has 0 bridgehead atoms. The molecule has 1 aromatic rings. The van der Waals surface area contributed by atoms with Gasteiger partial charge in [-0.05, 0) is 37.3 Å². The van der Waals surface area contributed by atoms with Crippen molar-refractivity contribution in [1.82, 2.24) is 5.32 Å². The normalized spacial score (nSPS) is 22.2. The molecule has 0 aliphatic heterocycles. The molecule has 24 heavy (non-hydrogen) atoms. The first-order valence-electron chi connectivity index (χ1n) is 7.86. The SMILES string of the molecule is CC(Cc1cccc(C(F)(F)F)c1)C(=O)N[C@H]1CC[C@@H](C(=O)O)C1. The van der Waals surface area contributed by atoms with Crippen LogP contribution in [0.15, 0.2) is 24.3 Å². The van der Waals surface area contributed by atoms with Crippen LogP contribution >= 0.6 is 0 Å². The average molecular weight is 343 g/mol. The van der Waals surface area contributed by atoms with Crippen molar-refractivity contribution in [2.24, 2.45) is 11.8 Å². The third-order valence-corrected chi connectivity index (χ3v) is 4.37. The summed E-state index contributed by atoms with van der Waals surface area (Å²) in [7, 11) is 0. The Morgan fingerprint density at radius 2 is 2.04 bits per heavy atom. The van der Waals surface area contributed by atoms with Gasteiger partial charge in [-0.15, -0.1) is 0 Å². The minimum absolute atomic E-state index is 0.178. The molecule has 7 heteroatoms. The number of alkyl halides is 3. The Bertz CT molecular complexity index is 615. The number of amides is 1. The molecule has 1 fully saturated rings. The van der Waals surface area contributed by atoms with E-state index in [0.717, 1.165) is 12.1 Å². The number of nitrogens with one attached hydrogen (secondary N) is 1. The van der Waals surface area contributed by atoms with Crippen molar-refractivity contribution >= 4 is 11.9 Å². The average Bonchev–Trinajstić information content (AvgIpc) is 2.95. The van der Waals surface area contributed by atoms with Crippen LogP contribution in [0.1, 0.15) is 37.3 Å². The molecule has 1 unspecified atom stereocenters. The Morgan fingerprint density at radius 3 is 2.62 bits per heavy atom. The molecule has 4 nitrogen and oxygen atoms in total. The van der Waals surface area contributed by atoms with Gasteiger partial charge in [-0.3, -0.25) is 9.59 Å². The highest BCUT2D eigenvalue weighted by molar-refractivity contribution is 5.79. The van der Waals surface area contributed by atoms with E-state index in [-0.39, 0.29) is 18.4 Å². The summed E-state index contributed by atoms with van der Waals surface area (Å²) in [4.78, 5) is 23.1. The summed E-state index contributed by atoms with van der Waals surface area (Å²) in [5.41, 5.74) is -0.282. The highest BCUT2D eigenvalue weighted by Gasteiger charge is 2.32. The molecule has 0 aromatic heterocycles. The van der Waals surface area contributed by atoms with Gasteiger partial charge in [0.2, 0.25) is 5.91 Å². The fourth-order valence-electron chi connectivity index (χ4n) is 3.00. The quantitative estimate of drug-likeness (QED) is 0.862. The van der Waals surface area contributed by atoms with Crippen LogP contribution in [0.2, 0.25) is 0 Å². The van der Waals surface area contributed by atoms with Crippen molar-refractivity contribution in [3.63, 3.8) is 0 Å². The lowest BCUT2D eigenvalue weighted by molar-refractivity contribution is -0.141. The van der Waals surface area contributed by atoms with Crippen molar-refractivity contribution in [1.29, 1.82) is 0 Å². The van der Waals surface area contributed by atoms with Gasteiger partial charge in [0.05, 0.1) is 11.5 Å². The van der Waals surface area contributed by atoms with Crippen LogP contribution in [0.5, 0.6) is 0 Å². The predicted molar refractivity (Wildman–Crippen MR) is 81.2 cm³/mol. The van der Waals surface area contributed by atoms with Gasteiger partial charge in [-0.2, -0.15) is 13.2 Å². The molecule has 1 aliphatic carbocycles. The third-order valence-electron chi connectivity index (χ3n) is 4.37. The minimum atomic E-state index is -4.41. The Balaban J connectivity index is 1.91. The van der Waals surface area contributed by atoms with Gasteiger partial charge in [0, 0.05) is 12.0 Å². The van der Waals surface area contributed by atoms with Crippen molar-refractivity contribution in [3.05, 3.63) is 35.4 Å². The van der Waals surface area contributed by atoms with E-state index < -0.39 is 29.5 Å². The molecule has 0 spiro atoms. The molecule has 1 amide bonds. The molecule has 1 aromatic carbocycles. The van der Waals surface area contributed by atoms with Crippen LogP contribution in [0.25, 0.3) is 0 Å². The Kier molecular flexibility index (Phi) is 5.51. The van der Waals surface area contributed by atoms with Crippen molar-refractivity contribution in [3.8, 4) is 0 Å². The lowest BCUT2D eigenvalue weighted by Gasteiger charge is -2.17. The van der Waals surface area contributed by atoms with Gasteiger partial charge in [0.25, 0.3) is 0 Å². The van der Waals surface area contributed by atoms with Gasteiger partial charge < -0.3 is 10.4 Å². The van der Waals surface area contributed by atoms with Crippen LogP contribution in [0.3, 0.4) is 0 Å². The van der Waals surface area contributed by atoms with Gasteiger partial charge in [-0.1, -0.05) is 25.1 Å². The largest absolute Gasteiger partial charge is 0.481 e. The fourth-order valence-corrected chi connectivity index (χ4v) is 3.00. The standard InChI is InChI=1S/C17H20F3NO3/c1-10(7-11-3-2-4-13(8-11)17(18,19)20)15(22)21-14-6-5-12(9-14)16(23)24/h2-4,8,10,12,14H,5-7,9H2,1H3,(H,21,22)(H,23,24)/t10?,12-,14+/m1/s1. The number of carboxylic acids is 1. The molecule has 132 valence electrons. The van der Waals surface area contributed by atoms with Gasteiger partial charge >= 0.3 is 12.1 Å². The van der Waals surface area contributed by atoms with Crippen LogP contribution in [0, 0.1) is 11.8 Å². The van der Waals surface area contributed by atoms with Gasteiger partial charge in [-0.25, -0.2) is 0 Å². The third kappa shape index (κ3) is 4.72. The molecular weight excluding hydrogens is 323 g/mol. The second kappa shape index (κ2) is 7.23. The molecule has 2 rings (SSSR count). The number of carbonyl (C=O) groups is 2. The number of carbonyl (C=O) groups excluding carboxylic acids is 1. The van der Waals surface area contributed by atoms with Crippen molar-refractivity contribution < 1.29 is 27.9 Å². The van der Waals surface area contributed by atoms with Gasteiger partial charge in [0.15, 0.2) is 0 Å². The molecular formula is C17H20F3NO3. The molecule has 2 N–H and O–H groups in total. The molecule has 0 saturated heterocycles. The molecule has 3 atom stereocenters. The smallest absolute Gasteiger partial charge is 0.416 e. The second-order valence-electron chi connectivity index (χ2n) is 6.36. The zero-order valence-corrected chi connectivity index (χ0v) is 13.3. The molecule has 0 radical (unpaired) electrons. The topological polar surface area (TPSA) is 66.4 Å². The number of hydrogen-bond acceptors (Lipinski definition) is 2. The Labute approximate surface area is 138 Å². The summed E-state index contributed by atoms with van der Waals surface area (Å²) in [6, 6.07) is 4.77. The fraction of sp³-hybridized carbons (Fsp3) is 0.529. The number of benzene rings is 1. The summed E-state index contributed by atoms with van der Waals surface area (Å²) >= 11 is 0. The highest BCUT2D eigenvalue weighted by atomic mass is 19.4. The van der Waals surface area contributed by atoms with E-state index in [0.29, 0.717) is 24.8 Å². The van der Waals surface area contributed by atoms with E-state index in [2.05, 4.69) is 5.32 Å². The summed E-state index contributed by atoms with van der Waals surface area (Å²) in [5, 5.41) is 11.8. The highest BCUT2D eigenvalue weighted by Crippen LogP contribution is 2.30. The van der Waals surface area contributed by atoms with E-state index >= 15 is 0 Å². The maximum Gasteiger partial charge on any atom is 0.416 e. The first-order chi connectivity index (χ1) is 11.2. The van der Waals surface area contributed by atoms with Gasteiger partial charge in [0.1, 0.15) is 0 Å². The lowest BCUT2D eigenvalue weighted by atomic mass is 9.98. The summed E-state index contributed by atoms with van der Waals surface area (Å²) in [6.45, 7) is 1.65. The zero-order valence-electron chi connectivity index (χ0n) is 13.3. The van der Waals surface area contributed by atoms with Crippen molar-refractivity contribution in [2.75, 3.05) is 0 Å². The number of carboxylic acid groups (broad SMARTS) is 1. The lowest BCUT2D eigenvalue weighted by Crippen LogP contribution is -2.37. The van der Waals surface area contributed by atoms with E-state index in [1.54, 1.807) is 13.0 Å². The molecule has 1 aliphatic rings. The minimum Gasteiger partial charge on any atom is -0.481 e. The number of aliphatic carboxylic acids is 1. The van der Waals surface area contributed by atoms with Crippen LogP contribution < -0.4 is 5.32 Å². The maximum atomic E-state index is 12.7. The van der Waals surface area contributed by atoms with Crippen LogP contribution in [-0.4, -0.2) is 23.0 Å².